The van der Waals surface area contributed by atoms with Crippen molar-refractivity contribution in [3.63, 3.8) is 0 Å². The fourth-order valence-electron chi connectivity index (χ4n) is 1.71. The summed E-state index contributed by atoms with van der Waals surface area (Å²) >= 11 is 1.16. The highest BCUT2D eigenvalue weighted by atomic mass is 32.1. The van der Waals surface area contributed by atoms with E-state index in [1.165, 1.54) is 0 Å². The first-order valence-corrected chi connectivity index (χ1v) is 7.44. The summed E-state index contributed by atoms with van der Waals surface area (Å²) in [5.74, 6) is -1.42. The molecular formula is C13H20N2O4S. The van der Waals surface area contributed by atoms with Crippen molar-refractivity contribution in [2.24, 2.45) is 5.92 Å². The summed E-state index contributed by atoms with van der Waals surface area (Å²) in [7, 11) is 0. The van der Waals surface area contributed by atoms with Crippen molar-refractivity contribution in [2.45, 2.75) is 39.7 Å². The second-order valence-electron chi connectivity index (χ2n) is 4.78. The van der Waals surface area contributed by atoms with Gasteiger partial charge in [-0.2, -0.15) is 0 Å². The van der Waals surface area contributed by atoms with Crippen LogP contribution in [0, 0.1) is 12.8 Å². The van der Waals surface area contributed by atoms with E-state index in [0.29, 0.717) is 32.4 Å². The topological polar surface area (TPSA) is 88.4 Å². The second kappa shape index (κ2) is 7.84. The van der Waals surface area contributed by atoms with Gasteiger partial charge in [-0.25, -0.2) is 0 Å². The molecule has 0 fully saturated rings. The minimum absolute atomic E-state index is 0.00167. The highest BCUT2D eigenvalue weighted by Crippen LogP contribution is 2.03. The molecule has 1 aromatic rings. The average molecular weight is 300 g/mol. The van der Waals surface area contributed by atoms with E-state index in [1.807, 2.05) is 6.92 Å². The zero-order chi connectivity index (χ0) is 15.1. The quantitative estimate of drug-likeness (QED) is 0.755. The molecule has 7 heteroatoms. The average Bonchev–Trinajstić information content (AvgIpc) is 2.70. The molecular weight excluding hydrogens is 280 g/mol. The maximum Gasteiger partial charge on any atom is 0.307 e. The first-order chi connectivity index (χ1) is 9.41. The number of hydrogen-bond acceptors (Lipinski definition) is 4. The number of carbonyl (C=O) groups excluding carboxylic acids is 1. The molecule has 1 heterocycles. The van der Waals surface area contributed by atoms with E-state index >= 15 is 0 Å². The van der Waals surface area contributed by atoms with Gasteiger partial charge in [0.25, 0.3) is 0 Å². The minimum Gasteiger partial charge on any atom is -0.481 e. The summed E-state index contributed by atoms with van der Waals surface area (Å²) in [5, 5.41) is 13.2. The van der Waals surface area contributed by atoms with Crippen LogP contribution in [0.1, 0.15) is 31.9 Å². The Morgan fingerprint density at radius 2 is 2.20 bits per heavy atom. The van der Waals surface area contributed by atoms with Crippen LogP contribution in [-0.2, 0) is 16.1 Å². The number of aromatic nitrogens is 1. The molecule has 0 aromatic carbocycles. The second-order valence-corrected chi connectivity index (χ2v) is 5.60. The number of thiazole rings is 1. The number of nitrogens with one attached hydrogen (secondary N) is 1. The third-order valence-corrected chi connectivity index (χ3v) is 3.96. The first-order valence-electron chi connectivity index (χ1n) is 6.56. The highest BCUT2D eigenvalue weighted by molar-refractivity contribution is 7.07. The number of nitrogens with zero attached hydrogens (tertiary/aromatic N) is 1. The number of carboxylic acids is 1. The number of rotatable bonds is 8. The van der Waals surface area contributed by atoms with E-state index in [0.717, 1.165) is 17.0 Å². The first kappa shape index (κ1) is 16.4. The summed E-state index contributed by atoms with van der Waals surface area (Å²) in [5.41, 5.74) is 0.913. The van der Waals surface area contributed by atoms with Gasteiger partial charge >= 0.3 is 10.8 Å². The molecule has 0 bridgehead atoms. The van der Waals surface area contributed by atoms with Crippen LogP contribution in [0.15, 0.2) is 10.2 Å². The summed E-state index contributed by atoms with van der Waals surface area (Å²) in [6.07, 6.45) is 1.35. The fraction of sp³-hybridized carbons (Fsp3) is 0.615. The zero-order valence-corrected chi connectivity index (χ0v) is 12.5. The van der Waals surface area contributed by atoms with Crippen LogP contribution in [0.2, 0.25) is 0 Å². The molecule has 112 valence electrons. The van der Waals surface area contributed by atoms with Crippen LogP contribution in [-0.4, -0.2) is 28.1 Å². The lowest BCUT2D eigenvalue weighted by atomic mass is 10.1. The minimum atomic E-state index is -0.855. The van der Waals surface area contributed by atoms with E-state index in [4.69, 9.17) is 5.11 Å². The molecule has 6 nitrogen and oxygen atoms in total. The lowest BCUT2D eigenvalue weighted by Crippen LogP contribution is -2.27. The summed E-state index contributed by atoms with van der Waals surface area (Å²) < 4.78 is 1.66. The van der Waals surface area contributed by atoms with Gasteiger partial charge in [0.05, 0.1) is 5.92 Å². The smallest absolute Gasteiger partial charge is 0.307 e. The molecule has 0 radical (unpaired) electrons. The van der Waals surface area contributed by atoms with Crippen LogP contribution in [0.3, 0.4) is 0 Å². The van der Waals surface area contributed by atoms with Crippen molar-refractivity contribution in [1.29, 1.82) is 0 Å². The van der Waals surface area contributed by atoms with Gasteiger partial charge in [-0.1, -0.05) is 18.3 Å². The van der Waals surface area contributed by atoms with E-state index in [-0.39, 0.29) is 10.8 Å². The Kier molecular flexibility index (Phi) is 6.44. The van der Waals surface area contributed by atoms with Crippen molar-refractivity contribution in [3.8, 4) is 0 Å². The third-order valence-electron chi connectivity index (χ3n) is 3.08. The van der Waals surface area contributed by atoms with Gasteiger partial charge in [0.15, 0.2) is 0 Å². The lowest BCUT2D eigenvalue weighted by Gasteiger charge is -2.08. The Labute approximate surface area is 121 Å². The van der Waals surface area contributed by atoms with Gasteiger partial charge in [-0.3, -0.25) is 14.4 Å². The number of hydrogen-bond donors (Lipinski definition) is 2. The maximum atomic E-state index is 11.5. The van der Waals surface area contributed by atoms with Gasteiger partial charge < -0.3 is 15.0 Å². The van der Waals surface area contributed by atoms with Gasteiger partial charge in [-0.05, 0) is 19.8 Å². The van der Waals surface area contributed by atoms with E-state index in [9.17, 15) is 14.4 Å². The normalized spacial score (nSPS) is 12.1. The molecule has 1 unspecified atom stereocenters. The van der Waals surface area contributed by atoms with E-state index < -0.39 is 11.9 Å². The molecule has 0 saturated heterocycles. The van der Waals surface area contributed by atoms with Crippen molar-refractivity contribution in [1.82, 2.24) is 9.88 Å². The molecule has 1 aromatic heterocycles. The Morgan fingerprint density at radius 3 is 2.75 bits per heavy atom. The molecule has 0 aliphatic heterocycles. The van der Waals surface area contributed by atoms with E-state index in [1.54, 1.807) is 16.9 Å². The van der Waals surface area contributed by atoms with Crippen LogP contribution < -0.4 is 10.2 Å². The van der Waals surface area contributed by atoms with Crippen LogP contribution in [0.5, 0.6) is 0 Å². The SMILES string of the molecule is Cc1csc(=O)n1CCCC(=O)NCCC(C)C(=O)O. The Balaban J connectivity index is 2.21. The largest absolute Gasteiger partial charge is 0.481 e. The molecule has 1 rings (SSSR count). The number of aryl methyl sites for hydroxylation is 1. The lowest BCUT2D eigenvalue weighted by molar-refractivity contribution is -0.141. The molecule has 0 saturated carbocycles. The Hall–Kier alpha value is -1.63. The van der Waals surface area contributed by atoms with Crippen LogP contribution in [0.25, 0.3) is 0 Å². The van der Waals surface area contributed by atoms with Crippen molar-refractivity contribution < 1.29 is 14.7 Å². The van der Waals surface area contributed by atoms with Crippen LogP contribution in [0.4, 0.5) is 0 Å². The van der Waals surface area contributed by atoms with Gasteiger partial charge in [-0.15, -0.1) is 0 Å². The Bertz CT molecular complexity index is 521. The molecule has 0 spiro atoms. The maximum absolute atomic E-state index is 11.5. The summed E-state index contributed by atoms with van der Waals surface area (Å²) in [4.78, 5) is 33.6. The molecule has 0 aliphatic carbocycles. The fourth-order valence-corrected chi connectivity index (χ4v) is 2.47. The molecule has 20 heavy (non-hydrogen) atoms. The number of carbonyl (C=O) groups is 2. The molecule has 1 amide bonds. The highest BCUT2D eigenvalue weighted by Gasteiger charge is 2.11. The molecule has 0 aliphatic rings. The van der Waals surface area contributed by atoms with Crippen LogP contribution >= 0.6 is 11.3 Å². The van der Waals surface area contributed by atoms with Gasteiger partial charge in [0.1, 0.15) is 0 Å². The van der Waals surface area contributed by atoms with Gasteiger partial charge in [0, 0.05) is 30.6 Å². The number of amides is 1. The van der Waals surface area contributed by atoms with Crippen molar-refractivity contribution >= 4 is 23.2 Å². The zero-order valence-electron chi connectivity index (χ0n) is 11.7. The molecule has 1 atom stereocenters. The third kappa shape index (κ3) is 5.16. The predicted molar refractivity (Wildman–Crippen MR) is 77.0 cm³/mol. The summed E-state index contributed by atoms with van der Waals surface area (Å²) in [6, 6.07) is 0. The summed E-state index contributed by atoms with van der Waals surface area (Å²) in [6.45, 7) is 4.38. The standard InChI is InChI=1S/C13H20N2O4S/c1-9(12(17)18)5-6-14-11(16)4-3-7-15-10(2)8-20-13(15)19/h8-9H,3-7H2,1-2H3,(H,14,16)(H,17,18). The number of carboxylic acid groups (broad SMARTS) is 1. The predicted octanol–water partition coefficient (Wildman–Crippen LogP) is 1.23. The van der Waals surface area contributed by atoms with E-state index in [2.05, 4.69) is 5.32 Å². The Morgan fingerprint density at radius 1 is 1.50 bits per heavy atom. The van der Waals surface area contributed by atoms with Crippen molar-refractivity contribution in [3.05, 3.63) is 20.7 Å². The van der Waals surface area contributed by atoms with Gasteiger partial charge in [0.2, 0.25) is 5.91 Å². The number of aliphatic carboxylic acids is 1. The van der Waals surface area contributed by atoms with Crippen molar-refractivity contribution in [2.75, 3.05) is 6.54 Å². The monoisotopic (exact) mass is 300 g/mol. The molecule has 2 N–H and O–H groups in total.